The molecule has 0 N–H and O–H groups in total. The largest absolute Gasteiger partial charge is 0.436 e. The van der Waals surface area contributed by atoms with Crippen molar-refractivity contribution >= 4 is 37.6 Å². The number of fused-ring (bicyclic) bond motifs is 2. The lowest BCUT2D eigenvalue weighted by molar-refractivity contribution is 0.620. The van der Waals surface area contributed by atoms with E-state index in [9.17, 15) is 0 Å². The molecule has 1 aromatic heterocycles. The quantitative estimate of drug-likeness (QED) is 0.650. The van der Waals surface area contributed by atoms with Crippen molar-refractivity contribution in [1.82, 2.24) is 4.98 Å². The summed E-state index contributed by atoms with van der Waals surface area (Å²) in [5, 5.41) is 0. The van der Waals surface area contributed by atoms with E-state index in [1.54, 1.807) is 0 Å². The van der Waals surface area contributed by atoms with Crippen molar-refractivity contribution in [1.29, 1.82) is 0 Å². The highest BCUT2D eigenvalue weighted by atomic mass is 79.9. The number of rotatable bonds is 1. The Balaban J connectivity index is 1.86. The number of para-hydroxylation sites is 2. The smallest absolute Gasteiger partial charge is 0.227 e. The molecule has 18 heavy (non-hydrogen) atoms. The molecule has 1 aliphatic rings. The maximum Gasteiger partial charge on any atom is 0.227 e. The Kier molecular flexibility index (Phi) is 2.00. The van der Waals surface area contributed by atoms with Crippen LogP contribution < -0.4 is 0 Å². The third-order valence-corrected chi connectivity index (χ3v) is 3.79. The number of hydrogen-bond acceptors (Lipinski definition) is 2. The molecule has 0 saturated heterocycles. The summed E-state index contributed by atoms with van der Waals surface area (Å²) in [6.45, 7) is 0. The highest BCUT2D eigenvalue weighted by molar-refractivity contribution is 9.15. The zero-order valence-corrected chi connectivity index (χ0v) is 10.9. The van der Waals surface area contributed by atoms with Crippen LogP contribution in [0.15, 0.2) is 46.9 Å². The molecule has 0 spiro atoms. The Hall–Kier alpha value is -1.87. The molecule has 0 radical (unpaired) electrons. The maximum absolute atomic E-state index is 5.76. The van der Waals surface area contributed by atoms with Crippen molar-refractivity contribution < 1.29 is 4.42 Å². The fraction of sp³-hybridized carbons (Fsp3) is 0. The minimum atomic E-state index is 0.676. The van der Waals surface area contributed by atoms with Crippen LogP contribution in [-0.2, 0) is 0 Å². The topological polar surface area (TPSA) is 26.0 Å². The summed E-state index contributed by atoms with van der Waals surface area (Å²) < 4.78 is 6.91. The predicted octanol–water partition coefficient (Wildman–Crippen LogP) is 4.70. The Morgan fingerprint density at radius 2 is 1.94 bits per heavy atom. The van der Waals surface area contributed by atoms with Gasteiger partial charge in [-0.15, -0.1) is 0 Å². The average molecular weight is 298 g/mol. The van der Waals surface area contributed by atoms with E-state index in [2.05, 4.69) is 39.1 Å². The van der Waals surface area contributed by atoms with E-state index in [1.165, 1.54) is 11.1 Å². The minimum absolute atomic E-state index is 0.676. The Bertz CT molecular complexity index is 768. The van der Waals surface area contributed by atoms with Crippen LogP contribution >= 0.6 is 15.9 Å². The van der Waals surface area contributed by atoms with Gasteiger partial charge in [-0.05, 0) is 41.5 Å². The van der Waals surface area contributed by atoms with Gasteiger partial charge in [-0.25, -0.2) is 4.98 Å². The van der Waals surface area contributed by atoms with E-state index >= 15 is 0 Å². The Labute approximate surface area is 112 Å². The van der Waals surface area contributed by atoms with Crippen molar-refractivity contribution in [3.8, 4) is 11.5 Å². The normalized spacial score (nSPS) is 13.1. The number of aromatic nitrogens is 1. The van der Waals surface area contributed by atoms with Crippen LogP contribution in [-0.4, -0.2) is 4.98 Å². The molecular formula is C15H8BrNO. The molecule has 2 aromatic carbocycles. The fourth-order valence-electron chi connectivity index (χ4n) is 2.16. The van der Waals surface area contributed by atoms with E-state index in [4.69, 9.17) is 4.42 Å². The van der Waals surface area contributed by atoms with Crippen LogP contribution in [0.25, 0.3) is 33.1 Å². The first-order valence-corrected chi connectivity index (χ1v) is 6.48. The number of oxazole rings is 1. The van der Waals surface area contributed by atoms with Crippen LogP contribution in [0.1, 0.15) is 11.1 Å². The first-order valence-electron chi connectivity index (χ1n) is 5.69. The molecule has 0 fully saturated rings. The summed E-state index contributed by atoms with van der Waals surface area (Å²) in [6, 6.07) is 14.0. The van der Waals surface area contributed by atoms with Crippen LogP contribution in [0.3, 0.4) is 0 Å². The van der Waals surface area contributed by atoms with Gasteiger partial charge in [0.15, 0.2) is 5.58 Å². The van der Waals surface area contributed by atoms with Crippen LogP contribution in [0.5, 0.6) is 0 Å². The summed E-state index contributed by atoms with van der Waals surface area (Å²) in [7, 11) is 0. The van der Waals surface area contributed by atoms with Gasteiger partial charge in [0.25, 0.3) is 0 Å². The van der Waals surface area contributed by atoms with Crippen LogP contribution in [0.2, 0.25) is 0 Å². The number of benzene rings is 2. The highest BCUT2D eigenvalue weighted by Crippen LogP contribution is 2.39. The van der Waals surface area contributed by atoms with Crippen molar-refractivity contribution in [2.24, 2.45) is 0 Å². The molecule has 2 nitrogen and oxygen atoms in total. The van der Waals surface area contributed by atoms with Crippen molar-refractivity contribution in [3.05, 3.63) is 53.6 Å². The van der Waals surface area contributed by atoms with Gasteiger partial charge in [0, 0.05) is 10.0 Å². The third-order valence-electron chi connectivity index (χ3n) is 3.13. The second kappa shape index (κ2) is 3.56. The van der Waals surface area contributed by atoms with Gasteiger partial charge in [-0.3, -0.25) is 0 Å². The second-order valence-corrected chi connectivity index (χ2v) is 5.14. The van der Waals surface area contributed by atoms with Crippen molar-refractivity contribution in [2.45, 2.75) is 0 Å². The average Bonchev–Trinajstić information content (AvgIpc) is 2.80. The second-order valence-electron chi connectivity index (χ2n) is 4.28. The molecule has 0 bridgehead atoms. The molecule has 86 valence electrons. The zero-order chi connectivity index (χ0) is 12.1. The molecular weight excluding hydrogens is 290 g/mol. The van der Waals surface area contributed by atoms with E-state index in [-0.39, 0.29) is 0 Å². The molecule has 0 aliphatic heterocycles. The first kappa shape index (κ1) is 10.1. The van der Waals surface area contributed by atoms with Crippen molar-refractivity contribution in [2.75, 3.05) is 0 Å². The Morgan fingerprint density at radius 1 is 1.06 bits per heavy atom. The number of hydrogen-bond donors (Lipinski definition) is 0. The molecule has 0 saturated carbocycles. The predicted molar refractivity (Wildman–Crippen MR) is 76.2 cm³/mol. The van der Waals surface area contributed by atoms with E-state index in [1.807, 2.05) is 30.3 Å². The lowest BCUT2D eigenvalue weighted by atomic mass is 9.95. The molecule has 4 rings (SSSR count). The van der Waals surface area contributed by atoms with Crippen LogP contribution in [0, 0.1) is 0 Å². The lowest BCUT2D eigenvalue weighted by Gasteiger charge is -2.15. The SMILES string of the molecule is BrC1=Cc2cc(-c3nc4ccccc4o3)ccc21. The number of nitrogens with zero attached hydrogens (tertiary/aromatic N) is 1. The molecule has 3 aromatic rings. The van der Waals surface area contributed by atoms with Gasteiger partial charge in [-0.2, -0.15) is 0 Å². The summed E-state index contributed by atoms with van der Waals surface area (Å²) in [5.41, 5.74) is 5.21. The molecule has 0 unspecified atom stereocenters. The summed E-state index contributed by atoms with van der Waals surface area (Å²) in [4.78, 5) is 4.50. The fourth-order valence-corrected chi connectivity index (χ4v) is 2.77. The number of halogens is 1. The molecule has 0 amide bonds. The summed E-state index contributed by atoms with van der Waals surface area (Å²) >= 11 is 3.49. The van der Waals surface area contributed by atoms with Crippen molar-refractivity contribution in [3.63, 3.8) is 0 Å². The summed E-state index contributed by atoms with van der Waals surface area (Å²) in [5.74, 6) is 0.676. The van der Waals surface area contributed by atoms with Gasteiger partial charge < -0.3 is 4.42 Å². The van der Waals surface area contributed by atoms with Crippen LogP contribution in [0.4, 0.5) is 0 Å². The third kappa shape index (κ3) is 1.37. The standard InChI is InChI=1S/C15H8BrNO/c16-12-8-10-7-9(5-6-11(10)12)15-17-13-3-1-2-4-14(13)18-15/h1-8H. The minimum Gasteiger partial charge on any atom is -0.436 e. The van der Waals surface area contributed by atoms with E-state index < -0.39 is 0 Å². The summed E-state index contributed by atoms with van der Waals surface area (Å²) in [6.07, 6.45) is 2.10. The van der Waals surface area contributed by atoms with E-state index in [0.717, 1.165) is 21.1 Å². The monoisotopic (exact) mass is 297 g/mol. The van der Waals surface area contributed by atoms with Gasteiger partial charge in [0.2, 0.25) is 5.89 Å². The maximum atomic E-state index is 5.76. The first-order chi connectivity index (χ1) is 8.81. The lowest BCUT2D eigenvalue weighted by Crippen LogP contribution is -1.93. The highest BCUT2D eigenvalue weighted by Gasteiger charge is 2.16. The van der Waals surface area contributed by atoms with Gasteiger partial charge in [-0.1, -0.05) is 34.1 Å². The molecule has 1 aliphatic carbocycles. The zero-order valence-electron chi connectivity index (χ0n) is 9.35. The van der Waals surface area contributed by atoms with E-state index in [0.29, 0.717) is 5.89 Å². The Morgan fingerprint density at radius 3 is 2.72 bits per heavy atom. The molecule has 1 heterocycles. The van der Waals surface area contributed by atoms with Gasteiger partial charge in [0.1, 0.15) is 5.52 Å². The molecule has 0 atom stereocenters. The van der Waals surface area contributed by atoms with Gasteiger partial charge in [0.05, 0.1) is 0 Å². The van der Waals surface area contributed by atoms with Gasteiger partial charge >= 0.3 is 0 Å². The molecule has 3 heteroatoms.